The first-order valence-corrected chi connectivity index (χ1v) is 1.02. The zero-order chi connectivity index (χ0) is 10.0. The molecule has 0 aromatic carbocycles. The molecule has 0 aliphatic heterocycles. The molecule has 0 spiro atoms. The molecule has 0 aliphatic rings. The van der Waals surface area contributed by atoms with E-state index in [1.807, 2.05) is 0 Å². The average molecular weight is 196 g/mol. The molecule has 0 aromatic rings. The van der Waals surface area contributed by atoms with Crippen molar-refractivity contribution in [2.24, 2.45) is 0 Å². The van der Waals surface area contributed by atoms with Crippen molar-refractivity contribution in [1.29, 1.82) is 0 Å². The first-order chi connectivity index (χ1) is 5.00. The van der Waals surface area contributed by atoms with Crippen LogP contribution in [-0.4, -0.2) is 33.9 Å². The minimum atomic E-state index is 0. The van der Waals surface area contributed by atoms with Gasteiger partial charge in [-0.25, -0.2) is 0 Å². The van der Waals surface area contributed by atoms with Crippen LogP contribution in [0.5, 0.6) is 0 Å². The summed E-state index contributed by atoms with van der Waals surface area (Å²) in [5.41, 5.74) is 0. The van der Waals surface area contributed by atoms with Gasteiger partial charge in [-0.15, -0.1) is 0 Å². The molecule has 0 bridgehead atoms. The Bertz CT molecular complexity index is 26.4. The second kappa shape index (κ2) is 430. The third-order valence-electron chi connectivity index (χ3n) is 0. The molecule has 5 nitrogen and oxygen atoms in total. The predicted octanol–water partition coefficient (Wildman–Crippen LogP) is -1.99. The molecule has 0 atom stereocenters. The maximum absolute atomic E-state index is 7.50. The van der Waals surface area contributed by atoms with E-state index in [9.17, 15) is 0 Å². The van der Waals surface area contributed by atoms with E-state index < -0.39 is 0 Å². The van der Waals surface area contributed by atoms with E-state index in [4.69, 9.17) is 24.0 Å². The summed E-state index contributed by atoms with van der Waals surface area (Å²) in [6.45, 7) is 22.5. The molecule has 0 rings (SSSR count). The molecule has 0 N–H and O–H groups in total. The summed E-state index contributed by atoms with van der Waals surface area (Å²) in [4.78, 5) is 37.5. The van der Waals surface area contributed by atoms with Gasteiger partial charge in [0.15, 0.2) is 0 Å². The molecule has 0 unspecified atom stereocenters. The minimum absolute atomic E-state index is 0. The van der Waals surface area contributed by atoms with Gasteiger partial charge < -0.3 is 57.9 Å². The van der Waals surface area contributed by atoms with Gasteiger partial charge in [0.05, 0.1) is 0 Å². The van der Waals surface area contributed by atoms with E-state index in [-0.39, 0.29) is 17.1 Å². The van der Waals surface area contributed by atoms with Crippen molar-refractivity contribution in [3.63, 3.8) is 0 Å². The van der Waals surface area contributed by atoms with Crippen LogP contribution in [0, 0.1) is 0 Å². The number of carbonyl (C=O) groups excluding carboxylic acids is 5. The van der Waals surface area contributed by atoms with E-state index in [1.54, 1.807) is 0 Å². The molecule has 0 heterocycles. The maximum atomic E-state index is 7.50. The van der Waals surface area contributed by atoms with E-state index in [0.29, 0.717) is 0 Å². The Morgan fingerprint density at radius 2 is 0.364 bits per heavy atom. The van der Waals surface area contributed by atoms with E-state index >= 15 is 0 Å². The van der Waals surface area contributed by atoms with Crippen molar-refractivity contribution >= 4 is 33.9 Å². The van der Waals surface area contributed by atoms with Gasteiger partial charge in [-0.1, -0.05) is 0 Å². The number of hydrogen-bond acceptors (Lipinski definition) is 5. The summed E-state index contributed by atoms with van der Waals surface area (Å²) in [7, 11) is 0. The molecule has 0 saturated carbocycles. The van der Waals surface area contributed by atoms with Crippen molar-refractivity contribution in [3.8, 4) is 0 Å². The van der Waals surface area contributed by atoms with Crippen molar-refractivity contribution in [3.05, 3.63) is 0 Å². The molecule has 0 saturated heterocycles. The van der Waals surface area contributed by atoms with Crippen LogP contribution >= 0.6 is 0 Å². The Morgan fingerprint density at radius 3 is 0.364 bits per heavy atom. The monoisotopic (exact) mass is 196 g/mol. The summed E-state index contributed by atoms with van der Waals surface area (Å²) in [5, 5.41) is 0. The smallest absolute Gasteiger partial charge is 0.573 e. The van der Waals surface area contributed by atoms with Crippen molar-refractivity contribution in [2.45, 2.75) is 0 Å². The molecule has 0 aliphatic carbocycles. The zero-order valence-electron chi connectivity index (χ0n) is 4.89. The van der Waals surface area contributed by atoms with Gasteiger partial charge in [-0.2, -0.15) is 0 Å². The van der Waals surface area contributed by atoms with Crippen LogP contribution < -0.4 is 0 Å². The average Bonchev–Trinajstić information content (AvgIpc) is 2.20. The summed E-state index contributed by atoms with van der Waals surface area (Å²) >= 11 is 0. The van der Waals surface area contributed by atoms with E-state index in [0.717, 1.165) is 0 Å². The van der Waals surface area contributed by atoms with Crippen LogP contribution in [-0.2, 0) is 41.0 Å². The van der Waals surface area contributed by atoms with Crippen LogP contribution in [0.1, 0.15) is 0 Å². The van der Waals surface area contributed by atoms with E-state index in [1.165, 1.54) is 0 Å². The summed E-state index contributed by atoms with van der Waals surface area (Å²) < 4.78 is 0. The van der Waals surface area contributed by atoms with Gasteiger partial charge in [0, 0.05) is 0 Å². The maximum Gasteiger partial charge on any atom is 5.00 e. The molecular weight excluding hydrogens is 196 g/mol. The first-order valence-electron chi connectivity index (χ1n) is 1.02. The summed E-state index contributed by atoms with van der Waals surface area (Å²) in [6.07, 6.45) is 0. The summed E-state index contributed by atoms with van der Waals surface area (Å²) in [5.74, 6) is 0. The number of hydrogen-bond donors (Lipinski definition) is 0. The second-order valence-electron chi connectivity index (χ2n) is 0. The Hall–Kier alpha value is -1.13. The fourth-order valence-corrected chi connectivity index (χ4v) is 0. The molecule has 6 radical (unpaired) electrons. The van der Waals surface area contributed by atoms with Gasteiger partial charge in [0.25, 0.3) is 0 Å². The SMILES string of the molecule is [C-]=O.[C-]=O.[C-]=O.[C-]=O.[C-]=O.[Fe+5]. The Kier molecular flexibility index (Phi) is 2030. The fraction of sp³-hybridized carbons (Fsp3) is 0. The first kappa shape index (κ1) is 51.9. The van der Waals surface area contributed by atoms with Gasteiger partial charge in [0.1, 0.15) is 0 Å². The van der Waals surface area contributed by atoms with E-state index in [2.05, 4.69) is 33.9 Å². The summed E-state index contributed by atoms with van der Waals surface area (Å²) in [6, 6.07) is 0. The van der Waals surface area contributed by atoms with Gasteiger partial charge in [-0.3, -0.25) is 0 Å². The molecule has 0 aromatic heterocycles. The van der Waals surface area contributed by atoms with Crippen LogP contribution in [0.3, 0.4) is 0 Å². The van der Waals surface area contributed by atoms with Crippen molar-refractivity contribution in [1.82, 2.24) is 0 Å². The second-order valence-corrected chi connectivity index (χ2v) is 0. The third-order valence-corrected chi connectivity index (χ3v) is 0. The standard InChI is InChI=1S/5CO.Fe/c5*1-2;/q5*-1;+5. The van der Waals surface area contributed by atoms with Crippen LogP contribution in [0.2, 0.25) is 0 Å². The Balaban J connectivity index is -0.00000000694. The van der Waals surface area contributed by atoms with Crippen molar-refractivity contribution in [2.75, 3.05) is 0 Å². The zero-order valence-corrected chi connectivity index (χ0v) is 6.00. The molecule has 6 heteroatoms. The fourth-order valence-electron chi connectivity index (χ4n) is 0. The molecule has 58 valence electrons. The van der Waals surface area contributed by atoms with Crippen LogP contribution in [0.4, 0.5) is 0 Å². The Labute approximate surface area is 75.6 Å². The molecule has 11 heavy (non-hydrogen) atoms. The van der Waals surface area contributed by atoms with Crippen molar-refractivity contribution < 1.29 is 41.0 Å². The molecular formula is C5FeO5. The minimum Gasteiger partial charge on any atom is -0.573 e. The third kappa shape index (κ3) is 327. The normalized spacial score (nSPS) is 1.82. The quantitative estimate of drug-likeness (QED) is 0.330. The van der Waals surface area contributed by atoms with Gasteiger partial charge in [-0.05, 0) is 0 Å². The predicted molar refractivity (Wildman–Crippen MR) is 28.5 cm³/mol. The number of rotatable bonds is 0. The topological polar surface area (TPSA) is 85.3 Å². The van der Waals surface area contributed by atoms with Crippen LogP contribution in [0.15, 0.2) is 0 Å². The Morgan fingerprint density at radius 1 is 0.364 bits per heavy atom. The van der Waals surface area contributed by atoms with Gasteiger partial charge >= 0.3 is 17.1 Å². The molecule has 0 amide bonds. The van der Waals surface area contributed by atoms with Gasteiger partial charge in [0.2, 0.25) is 0 Å². The largest absolute Gasteiger partial charge is 5.00 e. The van der Waals surface area contributed by atoms with Crippen LogP contribution in [0.25, 0.3) is 0 Å². The molecule has 0 fully saturated rings.